The molecule has 6 heteroatoms. The van der Waals surface area contributed by atoms with Crippen LogP contribution < -0.4 is 5.32 Å². The lowest BCUT2D eigenvalue weighted by Gasteiger charge is -2.20. The number of aliphatic hydroxyl groups excluding tert-OH is 2. The number of ether oxygens (including phenoxy) is 1. The van der Waals surface area contributed by atoms with Crippen molar-refractivity contribution in [2.75, 3.05) is 13.2 Å². The van der Waals surface area contributed by atoms with Crippen molar-refractivity contribution in [1.82, 2.24) is 5.32 Å². The first-order valence-corrected chi connectivity index (χ1v) is 28.4. The summed E-state index contributed by atoms with van der Waals surface area (Å²) in [6.07, 6.45) is 68.4. The van der Waals surface area contributed by atoms with Crippen molar-refractivity contribution in [3.05, 3.63) is 48.6 Å². The third kappa shape index (κ3) is 51.1. The van der Waals surface area contributed by atoms with Gasteiger partial charge in [0.15, 0.2) is 0 Å². The number of amides is 1. The monoisotopic (exact) mass is 912 g/mol. The van der Waals surface area contributed by atoms with Gasteiger partial charge in [-0.25, -0.2) is 0 Å². The summed E-state index contributed by atoms with van der Waals surface area (Å²) in [5, 5.41) is 23.1. The van der Waals surface area contributed by atoms with E-state index >= 15 is 0 Å². The van der Waals surface area contributed by atoms with E-state index in [0.29, 0.717) is 19.4 Å². The zero-order chi connectivity index (χ0) is 47.2. The van der Waals surface area contributed by atoms with E-state index < -0.39 is 12.1 Å². The molecule has 0 radical (unpaired) electrons. The number of allylic oxidation sites excluding steroid dienone is 7. The molecule has 0 heterocycles. The van der Waals surface area contributed by atoms with Crippen molar-refractivity contribution < 1.29 is 24.5 Å². The van der Waals surface area contributed by atoms with Crippen LogP contribution in [0.25, 0.3) is 0 Å². The molecule has 3 N–H and O–H groups in total. The molecule has 0 aromatic carbocycles. The average molecular weight is 913 g/mol. The molecule has 0 bridgehead atoms. The Morgan fingerprint density at radius 3 is 1.22 bits per heavy atom. The van der Waals surface area contributed by atoms with Crippen molar-refractivity contribution in [2.24, 2.45) is 0 Å². The molecule has 0 fully saturated rings. The van der Waals surface area contributed by atoms with Crippen LogP contribution in [0.1, 0.15) is 290 Å². The number of nitrogens with one attached hydrogen (secondary N) is 1. The van der Waals surface area contributed by atoms with Gasteiger partial charge in [-0.2, -0.15) is 0 Å². The molecule has 0 saturated carbocycles. The summed E-state index contributed by atoms with van der Waals surface area (Å²) in [6, 6.07) is -0.646. The lowest BCUT2D eigenvalue weighted by atomic mass is 10.0. The van der Waals surface area contributed by atoms with Gasteiger partial charge < -0.3 is 20.3 Å². The van der Waals surface area contributed by atoms with E-state index in [1.54, 1.807) is 6.08 Å². The molecule has 0 aromatic heterocycles. The molecule has 0 aromatic rings. The number of aliphatic hydroxyl groups is 2. The van der Waals surface area contributed by atoms with E-state index in [2.05, 4.69) is 55.6 Å². The van der Waals surface area contributed by atoms with Gasteiger partial charge in [-0.05, 0) is 89.9 Å². The van der Waals surface area contributed by atoms with Crippen LogP contribution in [0.4, 0.5) is 0 Å². The maximum Gasteiger partial charge on any atom is 0.305 e. The predicted molar refractivity (Wildman–Crippen MR) is 282 cm³/mol. The standard InChI is InChI=1S/C59H109NO5/c1-3-5-7-9-11-13-15-17-18-19-20-21-22-23-25-28-31-35-39-43-47-51-57(62)56(55-61)60-58(63)52-48-44-40-36-32-29-26-24-27-30-34-38-42-46-50-54-65-59(64)53-49-45-41-37-33-16-14-12-10-8-6-4-2/h12,14,24,27,30,34,47,51,56-57,61-62H,3-11,13,15-23,25-26,28-29,31-33,35-46,48-50,52-55H2,1-2H3,(H,60,63)/b14-12-,27-24-,34-30-,51-47+. The van der Waals surface area contributed by atoms with Gasteiger partial charge in [0.2, 0.25) is 5.91 Å². The van der Waals surface area contributed by atoms with Crippen LogP contribution in [0.5, 0.6) is 0 Å². The first-order chi connectivity index (χ1) is 32.0. The molecule has 65 heavy (non-hydrogen) atoms. The molecule has 0 rings (SSSR count). The van der Waals surface area contributed by atoms with Gasteiger partial charge in [0.1, 0.15) is 0 Å². The molecular formula is C59H109NO5. The average Bonchev–Trinajstić information content (AvgIpc) is 3.31. The summed E-state index contributed by atoms with van der Waals surface area (Å²) in [5.74, 6) is -0.123. The first-order valence-electron chi connectivity index (χ1n) is 28.4. The Bertz CT molecular complexity index is 1100. The number of esters is 1. The second-order valence-electron chi connectivity index (χ2n) is 19.3. The van der Waals surface area contributed by atoms with E-state index in [0.717, 1.165) is 77.0 Å². The van der Waals surface area contributed by atoms with E-state index in [4.69, 9.17) is 4.74 Å². The minimum absolute atomic E-state index is 0.0333. The minimum atomic E-state index is -0.861. The Morgan fingerprint density at radius 1 is 0.431 bits per heavy atom. The lowest BCUT2D eigenvalue weighted by Crippen LogP contribution is -2.45. The first kappa shape index (κ1) is 62.8. The van der Waals surface area contributed by atoms with Crippen molar-refractivity contribution in [3.63, 3.8) is 0 Å². The highest BCUT2D eigenvalue weighted by Gasteiger charge is 2.18. The highest BCUT2D eigenvalue weighted by Crippen LogP contribution is 2.16. The van der Waals surface area contributed by atoms with E-state index in [-0.39, 0.29) is 18.5 Å². The number of carbonyl (C=O) groups excluding carboxylic acids is 2. The maximum absolute atomic E-state index is 12.5. The topological polar surface area (TPSA) is 95.9 Å². The zero-order valence-electron chi connectivity index (χ0n) is 43.2. The highest BCUT2D eigenvalue weighted by atomic mass is 16.5. The molecule has 6 nitrogen and oxygen atoms in total. The molecular weight excluding hydrogens is 803 g/mol. The third-order valence-electron chi connectivity index (χ3n) is 12.8. The van der Waals surface area contributed by atoms with Crippen molar-refractivity contribution in [3.8, 4) is 0 Å². The molecule has 380 valence electrons. The van der Waals surface area contributed by atoms with Gasteiger partial charge in [0.25, 0.3) is 0 Å². The SMILES string of the molecule is CCCCC/C=C\CCCCCCCC(=O)OCCCCC/C=C\C=C/CCCCCCCCC(=O)NC(CO)C(O)/C=C/CCCCCCCCCCCCCCCCCCCCC. The molecule has 2 unspecified atom stereocenters. The summed E-state index contributed by atoms with van der Waals surface area (Å²) < 4.78 is 5.43. The number of carbonyl (C=O) groups is 2. The Morgan fingerprint density at radius 2 is 0.769 bits per heavy atom. The van der Waals surface area contributed by atoms with Crippen LogP contribution in [-0.4, -0.2) is 47.4 Å². The lowest BCUT2D eigenvalue weighted by molar-refractivity contribution is -0.143. The van der Waals surface area contributed by atoms with Crippen LogP contribution in [0.3, 0.4) is 0 Å². The minimum Gasteiger partial charge on any atom is -0.466 e. The molecule has 1 amide bonds. The van der Waals surface area contributed by atoms with Gasteiger partial charge in [0.05, 0.1) is 25.4 Å². The summed E-state index contributed by atoms with van der Waals surface area (Å²) in [6.45, 7) is 4.82. The molecule has 2 atom stereocenters. The normalized spacial score (nSPS) is 13.0. The van der Waals surface area contributed by atoms with Crippen LogP contribution in [0.15, 0.2) is 48.6 Å². The number of hydrogen-bond donors (Lipinski definition) is 3. The fraction of sp³-hybridized carbons (Fsp3) is 0.831. The highest BCUT2D eigenvalue weighted by molar-refractivity contribution is 5.76. The van der Waals surface area contributed by atoms with Gasteiger partial charge in [-0.3, -0.25) is 9.59 Å². The summed E-state index contributed by atoms with van der Waals surface area (Å²) in [5.41, 5.74) is 0. The van der Waals surface area contributed by atoms with Gasteiger partial charge in [-0.1, -0.05) is 236 Å². The molecule has 0 saturated heterocycles. The van der Waals surface area contributed by atoms with Gasteiger partial charge >= 0.3 is 5.97 Å². The van der Waals surface area contributed by atoms with Crippen LogP contribution in [0, 0.1) is 0 Å². The second-order valence-corrected chi connectivity index (χ2v) is 19.3. The number of hydrogen-bond acceptors (Lipinski definition) is 5. The summed E-state index contributed by atoms with van der Waals surface area (Å²) in [7, 11) is 0. The van der Waals surface area contributed by atoms with Gasteiger partial charge in [0, 0.05) is 12.8 Å². The smallest absolute Gasteiger partial charge is 0.305 e. The van der Waals surface area contributed by atoms with Crippen LogP contribution >= 0.6 is 0 Å². The summed E-state index contributed by atoms with van der Waals surface area (Å²) >= 11 is 0. The zero-order valence-corrected chi connectivity index (χ0v) is 43.2. The number of unbranched alkanes of at least 4 members (excludes halogenated alkanes) is 36. The maximum atomic E-state index is 12.5. The Balaban J connectivity index is 3.57. The Kier molecular flexibility index (Phi) is 52.6. The molecule has 0 spiro atoms. The van der Waals surface area contributed by atoms with E-state index in [1.165, 1.54) is 186 Å². The third-order valence-corrected chi connectivity index (χ3v) is 12.8. The van der Waals surface area contributed by atoms with Crippen molar-refractivity contribution >= 4 is 11.9 Å². The second kappa shape index (κ2) is 54.4. The van der Waals surface area contributed by atoms with Crippen LogP contribution in [-0.2, 0) is 14.3 Å². The Labute approximate surface area is 404 Å². The van der Waals surface area contributed by atoms with E-state index in [1.807, 2.05) is 6.08 Å². The Hall–Kier alpha value is -2.18. The fourth-order valence-electron chi connectivity index (χ4n) is 8.44. The van der Waals surface area contributed by atoms with Gasteiger partial charge in [-0.15, -0.1) is 0 Å². The van der Waals surface area contributed by atoms with Crippen molar-refractivity contribution in [2.45, 2.75) is 302 Å². The quantitative estimate of drug-likeness (QED) is 0.0245. The van der Waals surface area contributed by atoms with E-state index in [9.17, 15) is 19.8 Å². The summed E-state index contributed by atoms with van der Waals surface area (Å²) in [4.78, 5) is 24.5. The van der Waals surface area contributed by atoms with Crippen molar-refractivity contribution in [1.29, 1.82) is 0 Å². The largest absolute Gasteiger partial charge is 0.466 e. The number of rotatable bonds is 52. The molecule has 0 aliphatic rings. The molecule has 0 aliphatic carbocycles. The fourth-order valence-corrected chi connectivity index (χ4v) is 8.44. The predicted octanol–water partition coefficient (Wildman–Crippen LogP) is 17.4. The van der Waals surface area contributed by atoms with Crippen LogP contribution in [0.2, 0.25) is 0 Å². The molecule has 0 aliphatic heterocycles.